The smallest absolute Gasteiger partial charge is 0.425 e. The standard InChI is InChI=1S/C33H39F9O6S6/c34-31(35,36)22-4-10-28(49-16-1-17-50-28)13-7-25(43)47-23(32(37,38)39)5-11-29(51-18-2-19-52-29)15-9-27(45)48-24(33(40,41)42)6-12-30(14-8-26(44)46-22)53-20-3-21-54-30/h7-9,13-15,22-24H,1-6,10-12,16-21H2/b13-7+,14-8+,15-9+/t22-,23-,24-/m0/s1. The van der Waals surface area contributed by atoms with Gasteiger partial charge in [0.05, 0.1) is 12.2 Å². The maximum atomic E-state index is 14.2. The van der Waals surface area contributed by atoms with Crippen molar-refractivity contribution < 1.29 is 68.1 Å². The molecule has 0 amide bonds. The highest BCUT2D eigenvalue weighted by Crippen LogP contribution is 2.50. The van der Waals surface area contributed by atoms with Crippen LogP contribution < -0.4 is 0 Å². The average molecular weight is 895 g/mol. The van der Waals surface area contributed by atoms with E-state index in [1.54, 1.807) is 0 Å². The van der Waals surface area contributed by atoms with Crippen molar-refractivity contribution in [2.24, 2.45) is 0 Å². The Morgan fingerprint density at radius 2 is 0.667 bits per heavy atom. The molecule has 3 atom stereocenters. The molecule has 54 heavy (non-hydrogen) atoms. The van der Waals surface area contributed by atoms with Crippen molar-refractivity contribution in [3.8, 4) is 0 Å². The van der Waals surface area contributed by atoms with Crippen LogP contribution in [0.3, 0.4) is 0 Å². The number of halogens is 9. The second kappa shape index (κ2) is 19.7. The molecule has 0 aromatic heterocycles. The Hall–Kier alpha value is -0.900. The molecular formula is C33H39F9O6S6. The van der Waals surface area contributed by atoms with Crippen molar-refractivity contribution in [2.45, 2.75) is 107 Å². The lowest BCUT2D eigenvalue weighted by atomic mass is 10.1. The van der Waals surface area contributed by atoms with Crippen LogP contribution in [0.25, 0.3) is 0 Å². The minimum Gasteiger partial charge on any atom is -0.450 e. The number of thioether (sulfide) groups is 6. The van der Waals surface area contributed by atoms with E-state index < -0.39 is 86.2 Å². The van der Waals surface area contributed by atoms with Crippen LogP contribution >= 0.6 is 70.6 Å². The summed E-state index contributed by atoms with van der Waals surface area (Å²) in [4.78, 5) is 38.5. The van der Waals surface area contributed by atoms with E-state index in [-0.39, 0.29) is 19.3 Å². The molecule has 21 heteroatoms. The lowest BCUT2D eigenvalue weighted by molar-refractivity contribution is -0.220. The molecule has 0 radical (unpaired) electrons. The van der Waals surface area contributed by atoms with Crippen molar-refractivity contribution in [3.63, 3.8) is 0 Å². The molecule has 3 fully saturated rings. The Bertz CT molecular complexity index is 1210. The van der Waals surface area contributed by atoms with Crippen LogP contribution in [0.15, 0.2) is 36.5 Å². The number of rotatable bonds is 0. The van der Waals surface area contributed by atoms with E-state index in [2.05, 4.69) is 0 Å². The van der Waals surface area contributed by atoms with E-state index in [0.717, 1.165) is 18.2 Å². The first-order chi connectivity index (χ1) is 25.2. The number of cyclic esters (lactones) is 3. The highest BCUT2D eigenvalue weighted by Gasteiger charge is 2.48. The molecule has 4 heterocycles. The average Bonchev–Trinajstić information content (AvgIpc) is 3.10. The molecule has 6 nitrogen and oxygen atoms in total. The van der Waals surface area contributed by atoms with E-state index in [1.807, 2.05) is 0 Å². The van der Waals surface area contributed by atoms with Crippen LogP contribution in [0.4, 0.5) is 39.5 Å². The van der Waals surface area contributed by atoms with Gasteiger partial charge >= 0.3 is 36.4 Å². The van der Waals surface area contributed by atoms with Crippen molar-refractivity contribution in [2.75, 3.05) is 34.5 Å². The quantitative estimate of drug-likeness (QED) is 0.132. The summed E-state index contributed by atoms with van der Waals surface area (Å²) in [6.07, 6.45) is -17.8. The number of hydrogen-bond acceptors (Lipinski definition) is 12. The summed E-state index contributed by atoms with van der Waals surface area (Å²) in [5, 5.41) is 0. The third-order valence-corrected chi connectivity index (χ3v) is 18.6. The maximum absolute atomic E-state index is 14.2. The maximum Gasteiger partial charge on any atom is 0.425 e. The fourth-order valence-corrected chi connectivity index (χ4v) is 15.1. The van der Waals surface area contributed by atoms with Gasteiger partial charge in [-0.2, -0.15) is 39.5 Å². The lowest BCUT2D eigenvalue weighted by Gasteiger charge is -2.35. The number of ether oxygens (including phenoxy) is 3. The predicted molar refractivity (Wildman–Crippen MR) is 200 cm³/mol. The second-order valence-electron chi connectivity index (χ2n) is 12.6. The first kappa shape index (κ1) is 45.8. The molecular weight excluding hydrogens is 856 g/mol. The van der Waals surface area contributed by atoms with E-state index >= 15 is 0 Å². The molecule has 4 aliphatic rings. The second-order valence-corrected chi connectivity index (χ2v) is 21.9. The van der Waals surface area contributed by atoms with E-state index in [4.69, 9.17) is 14.2 Å². The number of carbonyl (C=O) groups is 3. The van der Waals surface area contributed by atoms with Crippen molar-refractivity contribution >= 4 is 88.5 Å². The molecule has 0 bridgehead atoms. The molecule has 4 aliphatic heterocycles. The largest absolute Gasteiger partial charge is 0.450 e. The van der Waals surface area contributed by atoms with Crippen molar-refractivity contribution in [1.82, 2.24) is 0 Å². The highest BCUT2D eigenvalue weighted by molar-refractivity contribution is 8.19. The topological polar surface area (TPSA) is 78.9 Å². The third kappa shape index (κ3) is 14.2. The van der Waals surface area contributed by atoms with Gasteiger partial charge in [0, 0.05) is 18.2 Å². The van der Waals surface area contributed by atoms with Crippen molar-refractivity contribution in [3.05, 3.63) is 36.5 Å². The molecule has 0 aromatic rings. The molecule has 306 valence electrons. The van der Waals surface area contributed by atoms with E-state index in [1.165, 1.54) is 88.8 Å². The third-order valence-electron chi connectivity index (χ3n) is 8.50. The summed E-state index contributed by atoms with van der Waals surface area (Å²) in [5.74, 6) is -1.18. The number of hydrogen-bond donors (Lipinski definition) is 0. The Balaban J connectivity index is 1.70. The number of carbonyl (C=O) groups excluding carboxylic acids is 3. The van der Waals surface area contributed by atoms with Crippen LogP contribution in [-0.4, -0.2) is 102 Å². The van der Waals surface area contributed by atoms with Crippen molar-refractivity contribution in [1.29, 1.82) is 0 Å². The number of esters is 3. The molecule has 0 unspecified atom stereocenters. The fraction of sp³-hybridized carbons (Fsp3) is 0.727. The minimum atomic E-state index is -5.02. The molecule has 0 aliphatic carbocycles. The Morgan fingerprint density at radius 1 is 0.444 bits per heavy atom. The summed E-state index contributed by atoms with van der Waals surface area (Å²) >= 11 is 7.28. The first-order valence-electron chi connectivity index (χ1n) is 17.0. The first-order valence-corrected chi connectivity index (χ1v) is 22.9. The van der Waals surface area contributed by atoms with Gasteiger partial charge in [0.15, 0.2) is 18.3 Å². The molecule has 3 spiro atoms. The van der Waals surface area contributed by atoms with Gasteiger partial charge < -0.3 is 14.2 Å². The van der Waals surface area contributed by atoms with Crippen LogP contribution in [0.2, 0.25) is 0 Å². The van der Waals surface area contributed by atoms with Gasteiger partial charge in [0.25, 0.3) is 0 Å². The summed E-state index contributed by atoms with van der Waals surface area (Å²) in [6.45, 7) is 0. The van der Waals surface area contributed by atoms with E-state index in [9.17, 15) is 53.9 Å². The van der Waals surface area contributed by atoms with Gasteiger partial charge in [-0.1, -0.05) is 18.2 Å². The molecule has 0 saturated carbocycles. The van der Waals surface area contributed by atoms with E-state index in [0.29, 0.717) is 53.8 Å². The molecule has 3 saturated heterocycles. The van der Waals surface area contributed by atoms with Crippen LogP contribution in [0, 0.1) is 0 Å². The Morgan fingerprint density at radius 3 is 0.870 bits per heavy atom. The summed E-state index contributed by atoms with van der Waals surface area (Å²) in [5.41, 5.74) is 0. The van der Waals surface area contributed by atoms with Crippen LogP contribution in [0.5, 0.6) is 0 Å². The zero-order valence-electron chi connectivity index (χ0n) is 28.6. The SMILES string of the molecule is O=C1/C=C/C2(CC[C@@H](C(F)(F)F)OC(=O)/C=C/C3(CC[C@@H](C(F)(F)F)OC(=O)/C=C/C4(CC[C@@H](C(F)(F)F)O1)SCCCS4)SCCCS3)SCCCS2. The normalized spacial score (nSPS) is 30.4. The monoisotopic (exact) mass is 894 g/mol. The highest BCUT2D eigenvalue weighted by atomic mass is 32.2. The molecule has 0 N–H and O–H groups in total. The predicted octanol–water partition coefficient (Wildman–Crippen LogP) is 10.1. The minimum absolute atomic E-state index is 0.271. The van der Waals surface area contributed by atoms with Gasteiger partial charge in [0.1, 0.15) is 0 Å². The van der Waals surface area contributed by atoms with Crippen LogP contribution in [0.1, 0.15) is 57.8 Å². The van der Waals surface area contributed by atoms with Gasteiger partial charge in [-0.05, 0) is 92.3 Å². The van der Waals surface area contributed by atoms with Crippen LogP contribution in [-0.2, 0) is 28.6 Å². The van der Waals surface area contributed by atoms with Gasteiger partial charge in [-0.15, -0.1) is 70.6 Å². The lowest BCUT2D eigenvalue weighted by Crippen LogP contribution is -2.37. The van der Waals surface area contributed by atoms with Gasteiger partial charge in [0.2, 0.25) is 0 Å². The Kier molecular flexibility index (Phi) is 16.7. The fourth-order valence-electron chi connectivity index (χ4n) is 5.73. The number of alkyl halides is 9. The molecule has 0 aromatic carbocycles. The zero-order valence-corrected chi connectivity index (χ0v) is 33.5. The zero-order chi connectivity index (χ0) is 39.7. The van der Waals surface area contributed by atoms with Gasteiger partial charge in [-0.3, -0.25) is 0 Å². The summed E-state index contributed by atoms with van der Waals surface area (Å²) in [6, 6.07) is 0. The summed E-state index contributed by atoms with van der Waals surface area (Å²) in [7, 11) is 0. The van der Waals surface area contributed by atoms with Gasteiger partial charge in [-0.25, -0.2) is 14.4 Å². The molecule has 4 rings (SSSR count). The Labute approximate surface area is 332 Å². The summed E-state index contributed by atoms with van der Waals surface area (Å²) < 4.78 is 139.